The highest BCUT2D eigenvalue weighted by molar-refractivity contribution is 5.82. The van der Waals surface area contributed by atoms with Crippen molar-refractivity contribution < 1.29 is 9.21 Å². The van der Waals surface area contributed by atoms with E-state index >= 15 is 0 Å². The van der Waals surface area contributed by atoms with E-state index in [4.69, 9.17) is 4.42 Å². The summed E-state index contributed by atoms with van der Waals surface area (Å²) in [7, 11) is 0. The van der Waals surface area contributed by atoms with Gasteiger partial charge in [-0.25, -0.2) is 0 Å². The number of rotatable bonds is 2. The molecule has 4 nitrogen and oxygen atoms in total. The van der Waals surface area contributed by atoms with E-state index in [1.165, 1.54) is 5.69 Å². The number of amides is 1. The molecule has 0 spiro atoms. The monoisotopic (exact) mass is 256 g/mol. The third-order valence-corrected chi connectivity index (χ3v) is 4.11. The molecule has 19 heavy (non-hydrogen) atoms. The van der Waals surface area contributed by atoms with Crippen LogP contribution >= 0.6 is 0 Å². The lowest BCUT2D eigenvalue weighted by atomic mass is 10.0. The molecule has 2 aromatic heterocycles. The van der Waals surface area contributed by atoms with Gasteiger partial charge in [0.1, 0.15) is 6.04 Å². The average Bonchev–Trinajstić information content (AvgIpc) is 2.94. The summed E-state index contributed by atoms with van der Waals surface area (Å²) in [5, 5.41) is 0. The highest BCUT2D eigenvalue weighted by Crippen LogP contribution is 2.38. The Hall–Kier alpha value is -1.97. The van der Waals surface area contributed by atoms with Gasteiger partial charge >= 0.3 is 0 Å². The number of fused-ring (bicyclic) bond motifs is 1. The first-order valence-electron chi connectivity index (χ1n) is 6.82. The van der Waals surface area contributed by atoms with Gasteiger partial charge in [0.15, 0.2) is 0 Å². The van der Waals surface area contributed by atoms with Crippen LogP contribution in [0.25, 0.3) is 0 Å². The molecular formula is C15H16N2O2. The highest BCUT2D eigenvalue weighted by Gasteiger charge is 2.39. The van der Waals surface area contributed by atoms with Crippen molar-refractivity contribution in [1.82, 2.24) is 9.47 Å². The molecule has 4 rings (SSSR count). The molecule has 1 saturated carbocycles. The van der Waals surface area contributed by atoms with Crippen LogP contribution in [0, 0.1) is 5.92 Å². The zero-order valence-corrected chi connectivity index (χ0v) is 10.7. The van der Waals surface area contributed by atoms with Crippen molar-refractivity contribution in [3.8, 4) is 0 Å². The van der Waals surface area contributed by atoms with Crippen molar-refractivity contribution in [2.75, 3.05) is 6.54 Å². The molecule has 0 N–H and O–H groups in total. The fraction of sp³-hybridized carbons (Fsp3) is 0.400. The summed E-state index contributed by atoms with van der Waals surface area (Å²) in [5.74, 6) is 0.564. The summed E-state index contributed by atoms with van der Waals surface area (Å²) in [6, 6.07) is 6.12. The number of aromatic nitrogens is 1. The van der Waals surface area contributed by atoms with E-state index < -0.39 is 0 Å². The minimum Gasteiger partial charge on any atom is -0.472 e. The largest absolute Gasteiger partial charge is 0.472 e. The first-order valence-corrected chi connectivity index (χ1v) is 6.82. The molecule has 1 amide bonds. The molecule has 0 saturated heterocycles. The SMILES string of the molecule is O=C(C1CC1)N1CCn2cccc2[C@H]1c1ccoc1. The topological polar surface area (TPSA) is 38.4 Å². The van der Waals surface area contributed by atoms with Crippen molar-refractivity contribution in [2.45, 2.75) is 25.4 Å². The molecule has 1 aliphatic carbocycles. The zero-order valence-electron chi connectivity index (χ0n) is 10.7. The van der Waals surface area contributed by atoms with E-state index in [9.17, 15) is 4.79 Å². The van der Waals surface area contributed by atoms with Crippen molar-refractivity contribution in [3.05, 3.63) is 48.2 Å². The predicted octanol–water partition coefficient (Wildman–Crippen LogP) is 2.42. The van der Waals surface area contributed by atoms with E-state index in [0.717, 1.165) is 31.5 Å². The van der Waals surface area contributed by atoms with Crippen molar-refractivity contribution >= 4 is 5.91 Å². The Kier molecular flexibility index (Phi) is 2.31. The minimum atomic E-state index is 0.00981. The van der Waals surface area contributed by atoms with E-state index in [1.54, 1.807) is 12.5 Å². The third kappa shape index (κ3) is 1.70. The van der Waals surface area contributed by atoms with Crippen LogP contribution in [-0.4, -0.2) is 21.9 Å². The fourth-order valence-electron chi connectivity index (χ4n) is 2.97. The maximum atomic E-state index is 12.5. The molecule has 1 fully saturated rings. The van der Waals surface area contributed by atoms with Gasteiger partial charge in [-0.15, -0.1) is 0 Å². The van der Waals surface area contributed by atoms with Gasteiger partial charge in [0.2, 0.25) is 5.91 Å². The average molecular weight is 256 g/mol. The maximum Gasteiger partial charge on any atom is 0.226 e. The van der Waals surface area contributed by atoms with Gasteiger partial charge in [0, 0.05) is 36.5 Å². The standard InChI is InChI=1S/C15H16N2O2/c18-15(11-3-4-11)17-8-7-16-6-1-2-13(16)14(17)12-5-9-19-10-12/h1-2,5-6,9-11,14H,3-4,7-8H2/t14-/m1/s1. The second-order valence-electron chi connectivity index (χ2n) is 5.39. The van der Waals surface area contributed by atoms with Gasteiger partial charge in [0.05, 0.1) is 12.5 Å². The number of hydrogen-bond acceptors (Lipinski definition) is 2. The van der Waals surface area contributed by atoms with Crippen LogP contribution in [0.5, 0.6) is 0 Å². The van der Waals surface area contributed by atoms with Crippen molar-refractivity contribution in [1.29, 1.82) is 0 Å². The molecule has 2 aliphatic rings. The van der Waals surface area contributed by atoms with Gasteiger partial charge in [-0.1, -0.05) is 0 Å². The Bertz CT molecular complexity index is 595. The lowest BCUT2D eigenvalue weighted by molar-refractivity contribution is -0.135. The summed E-state index contributed by atoms with van der Waals surface area (Å²) in [4.78, 5) is 14.5. The second-order valence-corrected chi connectivity index (χ2v) is 5.39. The van der Waals surface area contributed by atoms with Crippen molar-refractivity contribution in [3.63, 3.8) is 0 Å². The van der Waals surface area contributed by atoms with Crippen molar-refractivity contribution in [2.24, 2.45) is 5.92 Å². The Balaban J connectivity index is 1.77. The zero-order chi connectivity index (χ0) is 12.8. The van der Waals surface area contributed by atoms with Gasteiger partial charge in [-0.2, -0.15) is 0 Å². The number of furan rings is 1. The number of carbonyl (C=O) groups is 1. The van der Waals surface area contributed by atoms with Gasteiger partial charge in [0.25, 0.3) is 0 Å². The Morgan fingerprint density at radius 1 is 1.26 bits per heavy atom. The molecule has 0 bridgehead atoms. The summed E-state index contributed by atoms with van der Waals surface area (Å²) in [5.41, 5.74) is 2.25. The molecule has 0 unspecified atom stereocenters. The smallest absolute Gasteiger partial charge is 0.226 e. The van der Waals surface area contributed by atoms with Crippen LogP contribution in [0.15, 0.2) is 41.3 Å². The molecule has 98 valence electrons. The number of carbonyl (C=O) groups excluding carboxylic acids is 1. The Labute approximate surface area is 111 Å². The second kappa shape index (κ2) is 4.02. The highest BCUT2D eigenvalue weighted by atomic mass is 16.3. The predicted molar refractivity (Wildman–Crippen MR) is 69.4 cm³/mol. The van der Waals surface area contributed by atoms with Crippen LogP contribution in [0.2, 0.25) is 0 Å². The van der Waals surface area contributed by atoms with Crippen LogP contribution in [0.3, 0.4) is 0 Å². The molecule has 0 radical (unpaired) electrons. The quantitative estimate of drug-likeness (QED) is 0.827. The summed E-state index contributed by atoms with van der Waals surface area (Å²) >= 11 is 0. The molecular weight excluding hydrogens is 240 g/mol. The van der Waals surface area contributed by atoms with E-state index in [0.29, 0.717) is 5.91 Å². The molecule has 0 aromatic carbocycles. The number of hydrogen-bond donors (Lipinski definition) is 0. The summed E-state index contributed by atoms with van der Waals surface area (Å²) in [6.45, 7) is 1.67. The first-order chi connectivity index (χ1) is 9.34. The van der Waals surface area contributed by atoms with E-state index in [-0.39, 0.29) is 12.0 Å². The first kappa shape index (κ1) is 10.9. The lowest BCUT2D eigenvalue weighted by Gasteiger charge is -2.36. The Morgan fingerprint density at radius 3 is 2.89 bits per heavy atom. The van der Waals surface area contributed by atoms with Gasteiger partial charge in [-0.3, -0.25) is 4.79 Å². The molecule has 3 heterocycles. The van der Waals surface area contributed by atoms with Gasteiger partial charge in [-0.05, 0) is 31.0 Å². The summed E-state index contributed by atoms with van der Waals surface area (Å²) in [6.07, 6.45) is 7.61. The van der Waals surface area contributed by atoms with Crippen LogP contribution < -0.4 is 0 Å². The Morgan fingerprint density at radius 2 is 2.16 bits per heavy atom. The van der Waals surface area contributed by atoms with Crippen LogP contribution in [0.1, 0.15) is 30.1 Å². The van der Waals surface area contributed by atoms with E-state index in [1.807, 2.05) is 17.0 Å². The normalized spacial score (nSPS) is 22.3. The van der Waals surface area contributed by atoms with Crippen LogP contribution in [-0.2, 0) is 11.3 Å². The van der Waals surface area contributed by atoms with E-state index in [2.05, 4.69) is 16.8 Å². The minimum absolute atomic E-state index is 0.00981. The number of nitrogens with zero attached hydrogens (tertiary/aromatic N) is 2. The maximum absolute atomic E-state index is 12.5. The molecule has 1 atom stereocenters. The fourth-order valence-corrected chi connectivity index (χ4v) is 2.97. The molecule has 1 aliphatic heterocycles. The van der Waals surface area contributed by atoms with Gasteiger partial charge < -0.3 is 13.9 Å². The third-order valence-electron chi connectivity index (χ3n) is 4.11. The summed E-state index contributed by atoms with van der Waals surface area (Å²) < 4.78 is 7.45. The molecule has 2 aromatic rings. The lowest BCUT2D eigenvalue weighted by Crippen LogP contribution is -2.43. The molecule has 4 heteroatoms. The van der Waals surface area contributed by atoms with Crippen LogP contribution in [0.4, 0.5) is 0 Å².